The lowest BCUT2D eigenvalue weighted by atomic mass is 9.67. The van der Waals surface area contributed by atoms with Gasteiger partial charge < -0.3 is 14.2 Å². The summed E-state index contributed by atoms with van der Waals surface area (Å²) < 4.78 is 8.70. The van der Waals surface area contributed by atoms with Crippen molar-refractivity contribution in [2.24, 2.45) is 0 Å². The summed E-state index contributed by atoms with van der Waals surface area (Å²) in [6.45, 7) is 2.39. The summed E-state index contributed by atoms with van der Waals surface area (Å²) in [5, 5.41) is 2.47. The van der Waals surface area contributed by atoms with Crippen molar-refractivity contribution in [3.05, 3.63) is 336 Å². The minimum absolute atomic E-state index is 0.458. The van der Waals surface area contributed by atoms with Crippen LogP contribution in [0.3, 0.4) is 0 Å². The largest absolute Gasteiger partial charge is 0.457 e. The van der Waals surface area contributed by atoms with E-state index in [1.807, 2.05) is 30.3 Å². The zero-order valence-electron chi connectivity index (χ0n) is 43.1. The summed E-state index contributed by atoms with van der Waals surface area (Å²) in [7, 11) is 0. The number of anilines is 3. The van der Waals surface area contributed by atoms with Crippen molar-refractivity contribution >= 4 is 38.9 Å². The highest BCUT2D eigenvalue weighted by Crippen LogP contribution is 2.58. The number of ether oxygens (including phenoxy) is 1. The first-order valence-electron chi connectivity index (χ1n) is 27.0. The van der Waals surface area contributed by atoms with Crippen LogP contribution in [-0.4, -0.2) is 4.57 Å². The van der Waals surface area contributed by atoms with Crippen LogP contribution in [0.15, 0.2) is 297 Å². The predicted octanol–water partition coefficient (Wildman–Crippen LogP) is 19.4. The number of rotatable bonds is 10. The molecule has 1 atom stereocenters. The first-order valence-corrected chi connectivity index (χ1v) is 27.0. The van der Waals surface area contributed by atoms with E-state index in [2.05, 4.69) is 283 Å². The van der Waals surface area contributed by atoms with Gasteiger partial charge in [0.15, 0.2) is 0 Å². The van der Waals surface area contributed by atoms with Crippen LogP contribution < -0.4 is 9.64 Å². The molecule has 15 rings (SSSR count). The molecule has 2 aliphatic rings. The van der Waals surface area contributed by atoms with E-state index in [0.717, 1.165) is 39.8 Å². The minimum atomic E-state index is -0.559. The molecule has 1 heterocycles. The highest BCUT2D eigenvalue weighted by Gasteiger charge is 2.47. The van der Waals surface area contributed by atoms with Crippen molar-refractivity contribution in [2.75, 3.05) is 4.90 Å². The zero-order chi connectivity index (χ0) is 51.8. The van der Waals surface area contributed by atoms with Gasteiger partial charge in [-0.05, 0) is 170 Å². The average molecular weight is 997 g/mol. The smallest absolute Gasteiger partial charge is 0.127 e. The highest BCUT2D eigenvalue weighted by atomic mass is 16.5. The quantitative estimate of drug-likeness (QED) is 0.136. The second-order valence-electron chi connectivity index (χ2n) is 20.9. The number of benzene rings is 12. The molecule has 2 aliphatic carbocycles. The molecule has 78 heavy (non-hydrogen) atoms. The Morgan fingerprint density at radius 2 is 0.808 bits per heavy atom. The second-order valence-corrected chi connectivity index (χ2v) is 20.9. The molecule has 3 nitrogen and oxygen atoms in total. The van der Waals surface area contributed by atoms with Gasteiger partial charge >= 0.3 is 0 Å². The normalized spacial score (nSPS) is 14.6. The molecule has 1 aromatic heterocycles. The molecular weight excluding hydrogens is 945 g/mol. The van der Waals surface area contributed by atoms with Gasteiger partial charge in [-0.3, -0.25) is 0 Å². The molecule has 0 bridgehead atoms. The van der Waals surface area contributed by atoms with Gasteiger partial charge in [0.25, 0.3) is 0 Å². The number of hydrogen-bond donors (Lipinski definition) is 0. The third-order valence-corrected chi connectivity index (χ3v) is 16.8. The summed E-state index contributed by atoms with van der Waals surface area (Å²) >= 11 is 0. The van der Waals surface area contributed by atoms with Gasteiger partial charge in [-0.1, -0.05) is 206 Å². The van der Waals surface area contributed by atoms with Crippen molar-refractivity contribution in [1.29, 1.82) is 0 Å². The predicted molar refractivity (Wildman–Crippen MR) is 322 cm³/mol. The Bertz CT molecular complexity index is 4350. The Labute approximate surface area is 455 Å². The number of hydrogen-bond acceptors (Lipinski definition) is 2. The van der Waals surface area contributed by atoms with Crippen LogP contribution in [-0.2, 0) is 10.8 Å². The van der Waals surface area contributed by atoms with Gasteiger partial charge in [0.05, 0.1) is 16.4 Å². The fourth-order valence-electron chi connectivity index (χ4n) is 13.2. The second kappa shape index (κ2) is 18.1. The van der Waals surface area contributed by atoms with E-state index in [1.165, 1.54) is 88.6 Å². The molecule has 0 radical (unpaired) electrons. The van der Waals surface area contributed by atoms with Crippen LogP contribution in [0.2, 0.25) is 0 Å². The fraction of sp³-hybridized carbons (Fsp3) is 0.0400. The first kappa shape index (κ1) is 45.4. The third kappa shape index (κ3) is 6.98. The van der Waals surface area contributed by atoms with Crippen molar-refractivity contribution < 1.29 is 4.74 Å². The minimum Gasteiger partial charge on any atom is -0.457 e. The molecule has 1 unspecified atom stereocenters. The Balaban J connectivity index is 0.909. The van der Waals surface area contributed by atoms with E-state index in [0.29, 0.717) is 0 Å². The Morgan fingerprint density at radius 1 is 0.321 bits per heavy atom. The van der Waals surface area contributed by atoms with Crippen LogP contribution in [0, 0.1) is 0 Å². The lowest BCUT2D eigenvalue weighted by Gasteiger charge is -2.35. The van der Waals surface area contributed by atoms with Gasteiger partial charge in [0, 0.05) is 38.9 Å². The molecule has 12 aromatic carbocycles. The fourth-order valence-corrected chi connectivity index (χ4v) is 13.2. The molecule has 368 valence electrons. The first-order chi connectivity index (χ1) is 38.6. The third-order valence-electron chi connectivity index (χ3n) is 16.8. The van der Waals surface area contributed by atoms with Crippen LogP contribution in [0.25, 0.3) is 60.9 Å². The number of nitrogens with zero attached hydrogens (tertiary/aromatic N) is 2. The molecule has 13 aromatic rings. The number of fused-ring (bicyclic) bond motifs is 9. The molecule has 0 N–H and O–H groups in total. The van der Waals surface area contributed by atoms with Gasteiger partial charge in [-0.2, -0.15) is 0 Å². The topological polar surface area (TPSA) is 17.4 Å². The van der Waals surface area contributed by atoms with Gasteiger partial charge in [-0.25, -0.2) is 0 Å². The molecular formula is C75H52N2O. The van der Waals surface area contributed by atoms with E-state index in [1.54, 1.807) is 0 Å². The number of para-hydroxylation sites is 3. The lowest BCUT2D eigenvalue weighted by molar-refractivity contribution is 0.482. The molecule has 3 heteroatoms. The SMILES string of the molecule is CC1(c2ccc(Oc3ccccc3)cc2)c2ccccc2-c2ccc(N(c3ccc(-c4ccc5c(c4)c4ccccc4n5-c4ccccc4)cc3)c3ccc4c(c3)C(c3ccccc3)(c3ccccc3)c3ccccc3-4)cc21. The van der Waals surface area contributed by atoms with E-state index in [4.69, 9.17) is 4.74 Å². The Kier molecular flexibility index (Phi) is 10.6. The lowest BCUT2D eigenvalue weighted by Crippen LogP contribution is -2.28. The maximum atomic E-state index is 6.32. The summed E-state index contributed by atoms with van der Waals surface area (Å²) in [6, 6.07) is 109. The standard InChI is InChI=1S/C75H52N2O/c1-74(53-37-43-61(44-38-53)78-60-26-12-5-13-27-60)68-31-17-14-28-62(68)64-45-41-58(49-70(64)74)76(57-39-34-51(35-40-57)52-36-47-73-67(48-52)66-30-16-19-33-72(66)77(73)56-24-10-4-11-25-56)59-42-46-65-63-29-15-18-32-69(63)75(71(65)50-59,54-20-6-2-7-21-54)55-22-8-3-9-23-55/h2-50H,1H3. The maximum absolute atomic E-state index is 6.32. The summed E-state index contributed by atoms with van der Waals surface area (Å²) in [4.78, 5) is 2.48. The van der Waals surface area contributed by atoms with Gasteiger partial charge in [-0.15, -0.1) is 0 Å². The number of aromatic nitrogens is 1. The molecule has 0 aliphatic heterocycles. The van der Waals surface area contributed by atoms with E-state index < -0.39 is 10.8 Å². The molecule has 0 saturated heterocycles. The molecule has 0 saturated carbocycles. The average Bonchev–Trinajstić information content (AvgIpc) is 3.99. The van der Waals surface area contributed by atoms with Crippen molar-refractivity contribution in [3.63, 3.8) is 0 Å². The highest BCUT2D eigenvalue weighted by molar-refractivity contribution is 6.10. The Hall–Kier alpha value is -9.96. The van der Waals surface area contributed by atoms with Gasteiger partial charge in [0.1, 0.15) is 11.5 Å². The van der Waals surface area contributed by atoms with Crippen LogP contribution in [0.4, 0.5) is 17.1 Å². The zero-order valence-corrected chi connectivity index (χ0v) is 43.1. The summed E-state index contributed by atoms with van der Waals surface area (Å²) in [5.41, 5.74) is 21.9. The Morgan fingerprint density at radius 3 is 1.49 bits per heavy atom. The summed E-state index contributed by atoms with van der Waals surface area (Å²) in [5.74, 6) is 1.63. The van der Waals surface area contributed by atoms with Crippen LogP contribution in [0.5, 0.6) is 11.5 Å². The monoisotopic (exact) mass is 996 g/mol. The van der Waals surface area contributed by atoms with Crippen molar-refractivity contribution in [2.45, 2.75) is 17.8 Å². The maximum Gasteiger partial charge on any atom is 0.127 e. The van der Waals surface area contributed by atoms with Crippen LogP contribution >= 0.6 is 0 Å². The van der Waals surface area contributed by atoms with E-state index >= 15 is 0 Å². The van der Waals surface area contributed by atoms with E-state index in [9.17, 15) is 0 Å². The van der Waals surface area contributed by atoms with Gasteiger partial charge in [0.2, 0.25) is 0 Å². The molecule has 0 fully saturated rings. The molecule has 0 amide bonds. The van der Waals surface area contributed by atoms with Crippen molar-refractivity contribution in [1.82, 2.24) is 4.57 Å². The van der Waals surface area contributed by atoms with Crippen molar-refractivity contribution in [3.8, 4) is 50.6 Å². The van der Waals surface area contributed by atoms with Crippen LogP contribution in [0.1, 0.15) is 45.9 Å². The van der Waals surface area contributed by atoms with E-state index in [-0.39, 0.29) is 0 Å². The molecule has 0 spiro atoms. The summed E-state index contributed by atoms with van der Waals surface area (Å²) in [6.07, 6.45) is 0.